The molecule has 0 heterocycles. The number of amides is 1. The molecule has 0 spiro atoms. The lowest BCUT2D eigenvalue weighted by molar-refractivity contribution is 0.0904. The van der Waals surface area contributed by atoms with Crippen LogP contribution in [0.15, 0.2) is 48.5 Å². The Hall–Kier alpha value is -2.42. The van der Waals surface area contributed by atoms with E-state index in [1.54, 1.807) is 24.3 Å². The molecule has 0 saturated heterocycles. The third-order valence-corrected chi connectivity index (χ3v) is 3.10. The van der Waals surface area contributed by atoms with Crippen LogP contribution in [-0.4, -0.2) is 18.2 Å². The number of carbonyl (C=O) groups is 2. The molecule has 1 amide bonds. The average molecular weight is 267 g/mol. The summed E-state index contributed by atoms with van der Waals surface area (Å²) >= 11 is 0. The van der Waals surface area contributed by atoms with Gasteiger partial charge in [0.25, 0.3) is 5.91 Å². The fourth-order valence-corrected chi connectivity index (χ4v) is 1.81. The van der Waals surface area contributed by atoms with Crippen LogP contribution in [0.4, 0.5) is 0 Å². The van der Waals surface area contributed by atoms with Gasteiger partial charge in [0.2, 0.25) is 0 Å². The molecule has 20 heavy (non-hydrogen) atoms. The molecule has 0 radical (unpaired) electrons. The first-order valence-electron chi connectivity index (χ1n) is 6.51. The van der Waals surface area contributed by atoms with E-state index >= 15 is 0 Å². The Labute approximate surface area is 118 Å². The minimum Gasteiger partial charge on any atom is -0.345 e. The van der Waals surface area contributed by atoms with Crippen molar-refractivity contribution >= 4 is 11.7 Å². The SMILES string of the molecule is Cc1ccc(C(=O)CNC(=O)c2ccc(C)cc2)cc1. The molecule has 2 aromatic carbocycles. The van der Waals surface area contributed by atoms with E-state index in [0.717, 1.165) is 11.1 Å². The second-order valence-corrected chi connectivity index (χ2v) is 4.84. The summed E-state index contributed by atoms with van der Waals surface area (Å²) in [5.74, 6) is -0.323. The van der Waals surface area contributed by atoms with Gasteiger partial charge in [-0.15, -0.1) is 0 Å². The Balaban J connectivity index is 1.94. The molecule has 2 aromatic rings. The number of rotatable bonds is 4. The van der Waals surface area contributed by atoms with Gasteiger partial charge in [-0.2, -0.15) is 0 Å². The summed E-state index contributed by atoms with van der Waals surface area (Å²) < 4.78 is 0. The summed E-state index contributed by atoms with van der Waals surface area (Å²) in [4.78, 5) is 23.8. The third-order valence-electron chi connectivity index (χ3n) is 3.10. The quantitative estimate of drug-likeness (QED) is 0.866. The Kier molecular flexibility index (Phi) is 4.31. The Morgan fingerprint density at radius 2 is 1.25 bits per heavy atom. The Morgan fingerprint density at radius 1 is 0.800 bits per heavy atom. The van der Waals surface area contributed by atoms with Crippen molar-refractivity contribution in [2.75, 3.05) is 6.54 Å². The first-order chi connectivity index (χ1) is 9.56. The summed E-state index contributed by atoms with van der Waals surface area (Å²) in [6.45, 7) is 3.94. The highest BCUT2D eigenvalue weighted by molar-refractivity contribution is 6.02. The standard InChI is InChI=1S/C17H17NO2/c1-12-3-7-14(8-4-12)16(19)11-18-17(20)15-9-5-13(2)6-10-15/h3-10H,11H2,1-2H3,(H,18,20). The van der Waals surface area contributed by atoms with Crippen molar-refractivity contribution in [2.24, 2.45) is 0 Å². The van der Waals surface area contributed by atoms with E-state index in [-0.39, 0.29) is 18.2 Å². The first kappa shape index (κ1) is 14.0. The molecule has 0 unspecified atom stereocenters. The summed E-state index contributed by atoms with van der Waals surface area (Å²) in [7, 11) is 0. The van der Waals surface area contributed by atoms with E-state index < -0.39 is 0 Å². The van der Waals surface area contributed by atoms with E-state index in [0.29, 0.717) is 11.1 Å². The predicted molar refractivity (Wildman–Crippen MR) is 79.0 cm³/mol. The number of carbonyl (C=O) groups excluding carboxylic acids is 2. The third kappa shape index (κ3) is 3.54. The molecule has 0 aliphatic carbocycles. The van der Waals surface area contributed by atoms with Crippen LogP contribution < -0.4 is 5.32 Å². The lowest BCUT2D eigenvalue weighted by Crippen LogP contribution is -2.29. The van der Waals surface area contributed by atoms with Crippen LogP contribution in [0.25, 0.3) is 0 Å². The van der Waals surface area contributed by atoms with Crippen molar-refractivity contribution in [3.8, 4) is 0 Å². The normalized spacial score (nSPS) is 10.1. The van der Waals surface area contributed by atoms with E-state index in [1.165, 1.54) is 0 Å². The van der Waals surface area contributed by atoms with Crippen LogP contribution in [0.2, 0.25) is 0 Å². The molecule has 0 aliphatic rings. The Morgan fingerprint density at radius 3 is 1.75 bits per heavy atom. The zero-order chi connectivity index (χ0) is 14.5. The maximum atomic E-state index is 11.9. The van der Waals surface area contributed by atoms with Crippen molar-refractivity contribution in [2.45, 2.75) is 13.8 Å². The van der Waals surface area contributed by atoms with Gasteiger partial charge in [0.15, 0.2) is 5.78 Å². The monoisotopic (exact) mass is 267 g/mol. The minimum absolute atomic E-state index is 0.00969. The molecule has 3 nitrogen and oxygen atoms in total. The van der Waals surface area contributed by atoms with Gasteiger partial charge in [-0.3, -0.25) is 9.59 Å². The van der Waals surface area contributed by atoms with Crippen molar-refractivity contribution < 1.29 is 9.59 Å². The fraction of sp³-hybridized carbons (Fsp3) is 0.176. The predicted octanol–water partition coefficient (Wildman–Crippen LogP) is 2.92. The number of hydrogen-bond acceptors (Lipinski definition) is 2. The van der Waals surface area contributed by atoms with Crippen molar-refractivity contribution in [3.05, 3.63) is 70.8 Å². The van der Waals surface area contributed by atoms with Gasteiger partial charge in [0.05, 0.1) is 6.54 Å². The smallest absolute Gasteiger partial charge is 0.251 e. The highest BCUT2D eigenvalue weighted by atomic mass is 16.2. The second-order valence-electron chi connectivity index (χ2n) is 4.84. The molecule has 0 fully saturated rings. The number of ketones is 1. The summed E-state index contributed by atoms with van der Waals surface area (Å²) in [5, 5.41) is 2.64. The maximum absolute atomic E-state index is 11.9. The molecule has 0 atom stereocenters. The molecule has 1 N–H and O–H groups in total. The molecule has 3 heteroatoms. The maximum Gasteiger partial charge on any atom is 0.251 e. The first-order valence-corrected chi connectivity index (χ1v) is 6.51. The van der Waals surface area contributed by atoms with Crippen molar-refractivity contribution in [1.29, 1.82) is 0 Å². The molecule has 0 bridgehead atoms. The highest BCUT2D eigenvalue weighted by Crippen LogP contribution is 2.05. The van der Waals surface area contributed by atoms with Crippen LogP contribution in [0.5, 0.6) is 0 Å². The minimum atomic E-state index is -0.231. The number of Topliss-reactive ketones (excluding diaryl/α,β-unsaturated/α-hetero) is 1. The molecule has 0 saturated carbocycles. The van der Waals surface area contributed by atoms with Gasteiger partial charge in [-0.1, -0.05) is 47.5 Å². The van der Waals surface area contributed by atoms with Gasteiger partial charge in [-0.05, 0) is 26.0 Å². The van der Waals surface area contributed by atoms with Gasteiger partial charge in [-0.25, -0.2) is 0 Å². The molecular weight excluding hydrogens is 250 g/mol. The topological polar surface area (TPSA) is 46.2 Å². The summed E-state index contributed by atoms with van der Waals surface area (Å²) in [5.41, 5.74) is 3.37. The molecule has 0 aliphatic heterocycles. The van der Waals surface area contributed by atoms with Crippen molar-refractivity contribution in [3.63, 3.8) is 0 Å². The summed E-state index contributed by atoms with van der Waals surface area (Å²) in [6.07, 6.45) is 0. The van der Waals surface area contributed by atoms with Crippen LogP contribution in [0.3, 0.4) is 0 Å². The Bertz CT molecular complexity index is 555. The van der Waals surface area contributed by atoms with Crippen LogP contribution in [-0.2, 0) is 0 Å². The molecular formula is C17H17NO2. The molecule has 0 aromatic heterocycles. The van der Waals surface area contributed by atoms with Gasteiger partial charge in [0, 0.05) is 11.1 Å². The van der Waals surface area contributed by atoms with E-state index in [4.69, 9.17) is 0 Å². The average Bonchev–Trinajstić information content (AvgIpc) is 2.46. The van der Waals surface area contributed by atoms with Crippen LogP contribution >= 0.6 is 0 Å². The largest absolute Gasteiger partial charge is 0.345 e. The number of nitrogens with one attached hydrogen (secondary N) is 1. The van der Waals surface area contributed by atoms with Crippen LogP contribution in [0, 0.1) is 13.8 Å². The summed E-state index contributed by atoms with van der Waals surface area (Å²) in [6, 6.07) is 14.6. The van der Waals surface area contributed by atoms with Gasteiger partial charge < -0.3 is 5.32 Å². The zero-order valence-electron chi connectivity index (χ0n) is 11.6. The number of aryl methyl sites for hydroxylation is 2. The lowest BCUT2D eigenvalue weighted by Gasteiger charge is -2.05. The molecule has 2 rings (SSSR count). The van der Waals surface area contributed by atoms with Gasteiger partial charge in [0.1, 0.15) is 0 Å². The fourth-order valence-electron chi connectivity index (χ4n) is 1.81. The lowest BCUT2D eigenvalue weighted by atomic mass is 10.1. The highest BCUT2D eigenvalue weighted by Gasteiger charge is 2.09. The van der Waals surface area contributed by atoms with E-state index in [2.05, 4.69) is 5.32 Å². The van der Waals surface area contributed by atoms with E-state index in [1.807, 2.05) is 38.1 Å². The van der Waals surface area contributed by atoms with Crippen LogP contribution in [0.1, 0.15) is 31.8 Å². The molecule has 102 valence electrons. The number of hydrogen-bond donors (Lipinski definition) is 1. The number of benzene rings is 2. The van der Waals surface area contributed by atoms with E-state index in [9.17, 15) is 9.59 Å². The van der Waals surface area contributed by atoms with Gasteiger partial charge >= 0.3 is 0 Å². The zero-order valence-corrected chi connectivity index (χ0v) is 11.6. The van der Waals surface area contributed by atoms with Crippen molar-refractivity contribution in [1.82, 2.24) is 5.32 Å². The second kappa shape index (κ2) is 6.15.